The minimum absolute atomic E-state index is 0.178. The summed E-state index contributed by atoms with van der Waals surface area (Å²) in [5.41, 5.74) is 5.92. The van der Waals surface area contributed by atoms with Gasteiger partial charge in [-0.3, -0.25) is 4.90 Å². The van der Waals surface area contributed by atoms with Gasteiger partial charge in [-0.25, -0.2) is 0 Å². The maximum Gasteiger partial charge on any atom is 0.243 e. The number of likely N-dealkylation sites (N-methyl/N-ethyl adjacent to an activating group) is 2. The molecule has 0 aliphatic carbocycles. The molecule has 2 rings (SSSR count). The van der Waals surface area contributed by atoms with Gasteiger partial charge < -0.3 is 15.2 Å². The molecule has 1 aromatic rings. The zero-order valence-corrected chi connectivity index (χ0v) is 11.0. The smallest absolute Gasteiger partial charge is 0.243 e. The van der Waals surface area contributed by atoms with Crippen LogP contribution in [0.2, 0.25) is 0 Å². The first-order valence-corrected chi connectivity index (χ1v) is 6.20. The second-order valence-electron chi connectivity index (χ2n) is 4.88. The van der Waals surface area contributed by atoms with Gasteiger partial charge in [0.2, 0.25) is 5.89 Å². The van der Waals surface area contributed by atoms with Gasteiger partial charge in [-0.05, 0) is 20.5 Å². The molecule has 0 bridgehead atoms. The second kappa shape index (κ2) is 5.60. The molecule has 1 aliphatic heterocycles. The van der Waals surface area contributed by atoms with Gasteiger partial charge in [0.1, 0.15) is 0 Å². The molecule has 0 spiro atoms. The SMILES string of the molecule is C=CCC(N)c1nc(C2CN(C)CCN2C)no1. The third-order valence-corrected chi connectivity index (χ3v) is 3.34. The van der Waals surface area contributed by atoms with E-state index in [0.717, 1.165) is 25.5 Å². The Labute approximate surface area is 107 Å². The third-order valence-electron chi connectivity index (χ3n) is 3.34. The lowest BCUT2D eigenvalue weighted by Crippen LogP contribution is -2.45. The Morgan fingerprint density at radius 3 is 3.06 bits per heavy atom. The van der Waals surface area contributed by atoms with Crippen LogP contribution in [0.15, 0.2) is 17.2 Å². The second-order valence-corrected chi connectivity index (χ2v) is 4.88. The number of nitrogens with two attached hydrogens (primary N) is 1. The topological polar surface area (TPSA) is 71.4 Å². The zero-order valence-electron chi connectivity index (χ0n) is 11.0. The Balaban J connectivity index is 2.10. The molecule has 6 nitrogen and oxygen atoms in total. The molecule has 100 valence electrons. The third kappa shape index (κ3) is 2.77. The highest BCUT2D eigenvalue weighted by Crippen LogP contribution is 2.22. The van der Waals surface area contributed by atoms with Gasteiger partial charge in [-0.1, -0.05) is 11.2 Å². The van der Waals surface area contributed by atoms with Crippen LogP contribution in [-0.4, -0.2) is 53.7 Å². The molecule has 2 N–H and O–H groups in total. The summed E-state index contributed by atoms with van der Waals surface area (Å²) in [6.07, 6.45) is 2.40. The lowest BCUT2D eigenvalue weighted by atomic mass is 10.1. The van der Waals surface area contributed by atoms with Crippen LogP contribution in [0, 0.1) is 0 Å². The van der Waals surface area contributed by atoms with E-state index in [1.165, 1.54) is 0 Å². The lowest BCUT2D eigenvalue weighted by molar-refractivity contribution is 0.108. The van der Waals surface area contributed by atoms with E-state index in [4.69, 9.17) is 10.3 Å². The van der Waals surface area contributed by atoms with Crippen molar-refractivity contribution >= 4 is 0 Å². The molecular formula is C12H21N5O. The summed E-state index contributed by atoms with van der Waals surface area (Å²) in [5, 5.41) is 4.06. The number of hydrogen-bond donors (Lipinski definition) is 1. The van der Waals surface area contributed by atoms with Gasteiger partial charge in [-0.15, -0.1) is 6.58 Å². The Bertz CT molecular complexity index is 405. The van der Waals surface area contributed by atoms with E-state index in [-0.39, 0.29) is 12.1 Å². The molecule has 1 aromatic heterocycles. The van der Waals surface area contributed by atoms with Crippen LogP contribution in [-0.2, 0) is 0 Å². The minimum atomic E-state index is -0.254. The maximum absolute atomic E-state index is 5.92. The van der Waals surface area contributed by atoms with Gasteiger partial charge in [0.25, 0.3) is 0 Å². The van der Waals surface area contributed by atoms with Crippen molar-refractivity contribution in [1.29, 1.82) is 0 Å². The summed E-state index contributed by atoms with van der Waals surface area (Å²) >= 11 is 0. The van der Waals surface area contributed by atoms with Crippen LogP contribution in [0.3, 0.4) is 0 Å². The van der Waals surface area contributed by atoms with Crippen molar-refractivity contribution in [3.63, 3.8) is 0 Å². The standard InChI is InChI=1S/C12H21N5O/c1-4-5-9(13)12-14-11(15-18-12)10-8-16(2)6-7-17(10)3/h4,9-10H,1,5-8,13H2,2-3H3. The largest absolute Gasteiger partial charge is 0.338 e. The number of nitrogens with zero attached hydrogens (tertiary/aromatic N) is 4. The molecule has 2 heterocycles. The highest BCUT2D eigenvalue weighted by atomic mass is 16.5. The molecule has 1 aliphatic rings. The molecular weight excluding hydrogens is 230 g/mol. The Kier molecular flexibility index (Phi) is 4.11. The molecule has 18 heavy (non-hydrogen) atoms. The van der Waals surface area contributed by atoms with Crippen molar-refractivity contribution in [3.05, 3.63) is 24.4 Å². The van der Waals surface area contributed by atoms with Gasteiger partial charge in [0.05, 0.1) is 12.1 Å². The van der Waals surface area contributed by atoms with Crippen LogP contribution in [0.1, 0.15) is 30.2 Å². The molecule has 2 atom stereocenters. The quantitative estimate of drug-likeness (QED) is 0.789. The van der Waals surface area contributed by atoms with Crippen LogP contribution in [0.4, 0.5) is 0 Å². The van der Waals surface area contributed by atoms with Crippen molar-refractivity contribution in [1.82, 2.24) is 19.9 Å². The summed E-state index contributed by atoms with van der Waals surface area (Å²) in [6, 6.07) is -0.0763. The molecule has 1 saturated heterocycles. The van der Waals surface area contributed by atoms with Crippen molar-refractivity contribution in [3.8, 4) is 0 Å². The van der Waals surface area contributed by atoms with Gasteiger partial charge >= 0.3 is 0 Å². The number of aromatic nitrogens is 2. The molecule has 0 saturated carbocycles. The van der Waals surface area contributed by atoms with E-state index >= 15 is 0 Å². The van der Waals surface area contributed by atoms with Gasteiger partial charge in [-0.2, -0.15) is 4.98 Å². The zero-order chi connectivity index (χ0) is 13.1. The van der Waals surface area contributed by atoms with E-state index < -0.39 is 0 Å². The van der Waals surface area contributed by atoms with Crippen LogP contribution in [0.25, 0.3) is 0 Å². The van der Waals surface area contributed by atoms with E-state index in [2.05, 4.69) is 40.6 Å². The predicted octanol–water partition coefficient (Wildman–Crippen LogP) is 0.564. The monoisotopic (exact) mass is 251 g/mol. The fourth-order valence-electron chi connectivity index (χ4n) is 2.10. The highest BCUT2D eigenvalue weighted by molar-refractivity contribution is 5.00. The van der Waals surface area contributed by atoms with Crippen molar-refractivity contribution < 1.29 is 4.52 Å². The summed E-state index contributed by atoms with van der Waals surface area (Å²) in [7, 11) is 4.18. The van der Waals surface area contributed by atoms with E-state index in [1.54, 1.807) is 6.08 Å². The molecule has 0 radical (unpaired) electrons. The highest BCUT2D eigenvalue weighted by Gasteiger charge is 2.28. The first kappa shape index (κ1) is 13.2. The summed E-state index contributed by atoms with van der Waals surface area (Å²) in [4.78, 5) is 8.93. The van der Waals surface area contributed by atoms with Gasteiger partial charge in [0, 0.05) is 19.6 Å². The Morgan fingerprint density at radius 1 is 1.56 bits per heavy atom. The molecule has 0 amide bonds. The van der Waals surface area contributed by atoms with Crippen LogP contribution in [0.5, 0.6) is 0 Å². The van der Waals surface area contributed by atoms with E-state index in [1.807, 2.05) is 0 Å². The van der Waals surface area contributed by atoms with Crippen LogP contribution < -0.4 is 5.73 Å². The average molecular weight is 251 g/mol. The summed E-state index contributed by atoms with van der Waals surface area (Å²) < 4.78 is 5.24. The van der Waals surface area contributed by atoms with E-state index in [9.17, 15) is 0 Å². The summed E-state index contributed by atoms with van der Waals surface area (Å²) in [6.45, 7) is 6.64. The average Bonchev–Trinajstić information content (AvgIpc) is 2.82. The minimum Gasteiger partial charge on any atom is -0.338 e. The Hall–Kier alpha value is -1.24. The van der Waals surface area contributed by atoms with Crippen molar-refractivity contribution in [2.45, 2.75) is 18.5 Å². The number of hydrogen-bond acceptors (Lipinski definition) is 6. The van der Waals surface area contributed by atoms with Crippen molar-refractivity contribution in [2.24, 2.45) is 5.73 Å². The van der Waals surface area contributed by atoms with Crippen LogP contribution >= 0.6 is 0 Å². The van der Waals surface area contributed by atoms with Gasteiger partial charge in [0.15, 0.2) is 5.82 Å². The van der Waals surface area contributed by atoms with Crippen molar-refractivity contribution in [2.75, 3.05) is 33.7 Å². The number of piperazine rings is 1. The molecule has 6 heteroatoms. The maximum atomic E-state index is 5.92. The van der Waals surface area contributed by atoms with E-state index in [0.29, 0.717) is 12.3 Å². The first-order valence-electron chi connectivity index (χ1n) is 6.20. The fraction of sp³-hybridized carbons (Fsp3) is 0.667. The lowest BCUT2D eigenvalue weighted by Gasteiger charge is -2.35. The molecule has 2 unspecified atom stereocenters. The number of rotatable bonds is 4. The Morgan fingerprint density at radius 2 is 2.33 bits per heavy atom. The normalized spacial score (nSPS) is 24.1. The first-order chi connectivity index (χ1) is 8.61. The molecule has 1 fully saturated rings. The predicted molar refractivity (Wildman–Crippen MR) is 68.9 cm³/mol. The molecule has 0 aromatic carbocycles. The summed E-state index contributed by atoms with van der Waals surface area (Å²) in [5.74, 6) is 1.21. The fourth-order valence-corrected chi connectivity index (χ4v) is 2.10.